The molecule has 1 aliphatic rings. The smallest absolute Gasteiger partial charge is 0.267 e. The predicted octanol–water partition coefficient (Wildman–Crippen LogP) is 2.07. The summed E-state index contributed by atoms with van der Waals surface area (Å²) in [5, 5.41) is 3.16. The number of nitrogens with zero attached hydrogens (tertiary/aromatic N) is 2. The van der Waals surface area contributed by atoms with E-state index >= 15 is 0 Å². The van der Waals surface area contributed by atoms with Crippen LogP contribution >= 0.6 is 0 Å². The van der Waals surface area contributed by atoms with Crippen LogP contribution in [0, 0.1) is 0 Å². The van der Waals surface area contributed by atoms with Gasteiger partial charge in [0, 0.05) is 18.7 Å². The predicted molar refractivity (Wildman–Crippen MR) is 104 cm³/mol. The summed E-state index contributed by atoms with van der Waals surface area (Å²) >= 11 is 0. The molecule has 2 N–H and O–H groups in total. The Morgan fingerprint density at radius 1 is 1.25 bits per heavy atom. The first-order valence-corrected chi connectivity index (χ1v) is 8.87. The number of hydrogen-bond donors (Lipinski definition) is 2. The maximum Gasteiger partial charge on any atom is 0.267 e. The molecule has 28 heavy (non-hydrogen) atoms. The molecule has 2 aromatic carbocycles. The lowest BCUT2D eigenvalue weighted by atomic mass is 10.1. The quantitative estimate of drug-likeness (QED) is 0.723. The second kappa shape index (κ2) is 7.15. The minimum absolute atomic E-state index is 0.105. The van der Waals surface area contributed by atoms with Crippen molar-refractivity contribution in [1.82, 2.24) is 9.97 Å². The molecule has 0 saturated heterocycles. The van der Waals surface area contributed by atoms with E-state index in [0.717, 1.165) is 0 Å². The molecular formula is C20H18N4O4. The van der Waals surface area contributed by atoms with E-state index in [2.05, 4.69) is 15.3 Å². The first-order valence-electron chi connectivity index (χ1n) is 8.87. The molecule has 0 spiro atoms. The van der Waals surface area contributed by atoms with Gasteiger partial charge in [-0.1, -0.05) is 12.1 Å². The lowest BCUT2D eigenvalue weighted by Gasteiger charge is -2.32. The second-order valence-corrected chi connectivity index (χ2v) is 6.48. The van der Waals surface area contributed by atoms with Crippen LogP contribution in [0.1, 0.15) is 13.3 Å². The number of benzene rings is 2. The van der Waals surface area contributed by atoms with Crippen molar-refractivity contribution in [3.63, 3.8) is 0 Å². The molecule has 0 bridgehead atoms. The Labute approximate surface area is 160 Å². The minimum Gasteiger partial charge on any atom is -0.479 e. The van der Waals surface area contributed by atoms with Crippen LogP contribution in [0.3, 0.4) is 0 Å². The van der Waals surface area contributed by atoms with Crippen molar-refractivity contribution in [3.05, 3.63) is 59.1 Å². The Bertz CT molecular complexity index is 1120. The van der Waals surface area contributed by atoms with Gasteiger partial charge in [-0.25, -0.2) is 4.98 Å². The van der Waals surface area contributed by atoms with Crippen LogP contribution in [0.4, 0.5) is 11.4 Å². The van der Waals surface area contributed by atoms with Crippen LogP contribution in [0.5, 0.6) is 5.75 Å². The monoisotopic (exact) mass is 378 g/mol. The average Bonchev–Trinajstić information content (AvgIpc) is 2.69. The van der Waals surface area contributed by atoms with E-state index in [1.54, 1.807) is 42.2 Å². The molecule has 3 aromatic rings. The summed E-state index contributed by atoms with van der Waals surface area (Å²) < 4.78 is 5.60. The molecule has 1 unspecified atom stereocenters. The van der Waals surface area contributed by atoms with Crippen molar-refractivity contribution in [2.24, 2.45) is 0 Å². The van der Waals surface area contributed by atoms with Gasteiger partial charge in [0.2, 0.25) is 5.91 Å². The SMILES string of the molecule is CC1Oc2ccccc2N(CCC(=O)Nc2ccc3nc[nH]c(=O)c3c2)C1=O. The Balaban J connectivity index is 1.47. The van der Waals surface area contributed by atoms with Crippen molar-refractivity contribution < 1.29 is 14.3 Å². The highest BCUT2D eigenvalue weighted by molar-refractivity contribution is 6.01. The average molecular weight is 378 g/mol. The third-order valence-corrected chi connectivity index (χ3v) is 4.56. The van der Waals surface area contributed by atoms with E-state index in [-0.39, 0.29) is 30.3 Å². The first kappa shape index (κ1) is 17.7. The van der Waals surface area contributed by atoms with Crippen LogP contribution in [-0.4, -0.2) is 34.4 Å². The van der Waals surface area contributed by atoms with Gasteiger partial charge in [-0.05, 0) is 37.3 Å². The van der Waals surface area contributed by atoms with E-state index in [9.17, 15) is 14.4 Å². The highest BCUT2D eigenvalue weighted by Crippen LogP contribution is 2.33. The number of aromatic amines is 1. The number of ether oxygens (including phenoxy) is 1. The Morgan fingerprint density at radius 2 is 2.07 bits per heavy atom. The topological polar surface area (TPSA) is 104 Å². The molecule has 1 aromatic heterocycles. The summed E-state index contributed by atoms with van der Waals surface area (Å²) in [5.74, 6) is 0.176. The van der Waals surface area contributed by atoms with Crippen molar-refractivity contribution in [3.8, 4) is 5.75 Å². The van der Waals surface area contributed by atoms with E-state index < -0.39 is 6.10 Å². The van der Waals surface area contributed by atoms with E-state index in [0.29, 0.717) is 28.0 Å². The fourth-order valence-corrected chi connectivity index (χ4v) is 3.17. The lowest BCUT2D eigenvalue weighted by molar-refractivity contribution is -0.125. The highest BCUT2D eigenvalue weighted by atomic mass is 16.5. The Kier molecular flexibility index (Phi) is 4.52. The zero-order chi connectivity index (χ0) is 19.7. The number of H-pyrrole nitrogens is 1. The summed E-state index contributed by atoms with van der Waals surface area (Å²) in [7, 11) is 0. The van der Waals surface area contributed by atoms with Gasteiger partial charge in [0.1, 0.15) is 5.75 Å². The molecule has 142 valence electrons. The fraction of sp³-hybridized carbons (Fsp3) is 0.200. The molecule has 0 saturated carbocycles. The van der Waals surface area contributed by atoms with Gasteiger partial charge in [-0.15, -0.1) is 0 Å². The largest absolute Gasteiger partial charge is 0.479 e. The van der Waals surface area contributed by atoms with Crippen LogP contribution in [-0.2, 0) is 9.59 Å². The molecule has 8 heteroatoms. The van der Waals surface area contributed by atoms with Crippen LogP contribution in [0.2, 0.25) is 0 Å². The molecule has 0 fully saturated rings. The molecule has 0 aliphatic carbocycles. The number of carbonyl (C=O) groups is 2. The zero-order valence-electron chi connectivity index (χ0n) is 15.1. The third kappa shape index (κ3) is 3.32. The van der Waals surface area contributed by atoms with Gasteiger partial charge < -0.3 is 19.9 Å². The zero-order valence-corrected chi connectivity index (χ0v) is 15.1. The highest BCUT2D eigenvalue weighted by Gasteiger charge is 2.31. The number of para-hydroxylation sites is 2. The number of rotatable bonds is 4. The summed E-state index contributed by atoms with van der Waals surface area (Å²) in [4.78, 5) is 44.9. The minimum atomic E-state index is -0.599. The van der Waals surface area contributed by atoms with Crippen LogP contribution < -0.4 is 20.5 Å². The van der Waals surface area contributed by atoms with Gasteiger partial charge in [-0.2, -0.15) is 0 Å². The number of carbonyl (C=O) groups excluding carboxylic acids is 2. The van der Waals surface area contributed by atoms with Gasteiger partial charge in [0.15, 0.2) is 6.10 Å². The molecule has 1 atom stereocenters. The lowest BCUT2D eigenvalue weighted by Crippen LogP contribution is -2.45. The van der Waals surface area contributed by atoms with Crippen molar-refractivity contribution in [2.75, 3.05) is 16.8 Å². The number of amides is 2. The van der Waals surface area contributed by atoms with Crippen LogP contribution in [0.15, 0.2) is 53.6 Å². The molecule has 4 rings (SSSR count). The normalized spacial score (nSPS) is 15.8. The maximum atomic E-state index is 12.5. The van der Waals surface area contributed by atoms with E-state index in [4.69, 9.17) is 4.74 Å². The first-order chi connectivity index (χ1) is 13.5. The second-order valence-electron chi connectivity index (χ2n) is 6.48. The van der Waals surface area contributed by atoms with Gasteiger partial charge >= 0.3 is 0 Å². The molecule has 1 aliphatic heterocycles. The number of fused-ring (bicyclic) bond motifs is 2. The summed E-state index contributed by atoms with van der Waals surface area (Å²) in [6.07, 6.45) is 0.840. The van der Waals surface area contributed by atoms with Crippen molar-refractivity contribution in [1.29, 1.82) is 0 Å². The summed E-state index contributed by atoms with van der Waals surface area (Å²) in [6, 6.07) is 12.2. The maximum absolute atomic E-state index is 12.5. The Morgan fingerprint density at radius 3 is 2.93 bits per heavy atom. The third-order valence-electron chi connectivity index (χ3n) is 4.56. The number of aromatic nitrogens is 2. The summed E-state index contributed by atoms with van der Waals surface area (Å²) in [5.41, 5.74) is 1.43. The summed E-state index contributed by atoms with van der Waals surface area (Å²) in [6.45, 7) is 1.91. The van der Waals surface area contributed by atoms with E-state index in [1.165, 1.54) is 6.33 Å². The van der Waals surface area contributed by atoms with Crippen molar-refractivity contribution in [2.45, 2.75) is 19.4 Å². The Hall–Kier alpha value is -3.68. The molecule has 0 radical (unpaired) electrons. The molecule has 2 heterocycles. The van der Waals surface area contributed by atoms with Gasteiger partial charge in [-0.3, -0.25) is 14.4 Å². The number of nitrogens with one attached hydrogen (secondary N) is 2. The number of hydrogen-bond acceptors (Lipinski definition) is 5. The molecular weight excluding hydrogens is 360 g/mol. The standard InChI is InChI=1S/C20H18N4O4/c1-12-20(27)24(16-4-2-3-5-17(16)28-12)9-8-18(25)23-13-6-7-15-14(10-13)19(26)22-11-21-15/h2-7,10-12H,8-9H2,1H3,(H,23,25)(H,21,22,26). The molecule has 2 amide bonds. The van der Waals surface area contributed by atoms with Crippen LogP contribution in [0.25, 0.3) is 10.9 Å². The van der Waals surface area contributed by atoms with E-state index in [1.807, 2.05) is 12.1 Å². The fourth-order valence-electron chi connectivity index (χ4n) is 3.17. The van der Waals surface area contributed by atoms with Gasteiger partial charge in [0.05, 0.1) is 22.9 Å². The number of anilines is 2. The molecule has 8 nitrogen and oxygen atoms in total. The van der Waals surface area contributed by atoms with Crippen molar-refractivity contribution >= 4 is 34.1 Å². The van der Waals surface area contributed by atoms with Gasteiger partial charge in [0.25, 0.3) is 11.5 Å².